The zero-order valence-corrected chi connectivity index (χ0v) is 13.0. The molecule has 1 aliphatic carbocycles. The average molecular weight is 319 g/mol. The number of benzene rings is 2. The summed E-state index contributed by atoms with van der Waals surface area (Å²) >= 11 is 0. The zero-order valence-electron chi connectivity index (χ0n) is 12.2. The topological polar surface area (TPSA) is 50.4 Å². The Morgan fingerprint density at radius 1 is 1.18 bits per heavy atom. The molecule has 1 fully saturated rings. The van der Waals surface area contributed by atoms with Crippen molar-refractivity contribution in [3.05, 3.63) is 41.5 Å². The Morgan fingerprint density at radius 3 is 2.77 bits per heavy atom. The molecular formula is C17H19ClN2O2. The molecule has 0 bridgehead atoms. The van der Waals surface area contributed by atoms with Gasteiger partial charge in [-0.15, -0.1) is 12.4 Å². The van der Waals surface area contributed by atoms with Crippen LogP contribution in [0.1, 0.15) is 11.1 Å². The summed E-state index contributed by atoms with van der Waals surface area (Å²) in [5.41, 5.74) is 3.65. The molecule has 2 aliphatic rings. The fourth-order valence-electron chi connectivity index (χ4n) is 3.30. The van der Waals surface area contributed by atoms with E-state index in [1.54, 1.807) is 0 Å². The van der Waals surface area contributed by atoms with Gasteiger partial charge in [-0.3, -0.25) is 4.79 Å². The highest BCUT2D eigenvalue weighted by molar-refractivity contribution is 6.06. The van der Waals surface area contributed by atoms with Gasteiger partial charge in [-0.2, -0.15) is 0 Å². The fourth-order valence-corrected chi connectivity index (χ4v) is 3.30. The molecule has 1 heterocycles. The second-order valence-corrected chi connectivity index (χ2v) is 5.66. The number of halogens is 1. The number of carbonyl (C=O) groups is 1. The molecule has 4 rings (SSSR count). The van der Waals surface area contributed by atoms with E-state index < -0.39 is 6.10 Å². The van der Waals surface area contributed by atoms with Gasteiger partial charge in [-0.05, 0) is 35.4 Å². The number of anilines is 1. The van der Waals surface area contributed by atoms with Gasteiger partial charge in [0.2, 0.25) is 0 Å². The summed E-state index contributed by atoms with van der Waals surface area (Å²) in [5.74, 6) is -0.0686. The van der Waals surface area contributed by atoms with E-state index >= 15 is 0 Å². The molecule has 1 atom stereocenters. The predicted molar refractivity (Wildman–Crippen MR) is 89.8 cm³/mol. The van der Waals surface area contributed by atoms with Crippen molar-refractivity contribution >= 4 is 34.8 Å². The van der Waals surface area contributed by atoms with Crippen molar-refractivity contribution in [2.45, 2.75) is 18.9 Å². The Bertz CT molecular complexity index is 701. The number of amides is 1. The summed E-state index contributed by atoms with van der Waals surface area (Å²) in [4.78, 5) is 12.3. The van der Waals surface area contributed by atoms with Crippen molar-refractivity contribution in [3.8, 4) is 0 Å². The molecule has 1 amide bonds. The predicted octanol–water partition coefficient (Wildman–Crippen LogP) is 2.29. The molecule has 0 saturated carbocycles. The van der Waals surface area contributed by atoms with E-state index in [4.69, 9.17) is 4.74 Å². The first-order valence-electron chi connectivity index (χ1n) is 7.49. The van der Waals surface area contributed by atoms with Crippen molar-refractivity contribution in [2.24, 2.45) is 0 Å². The summed E-state index contributed by atoms with van der Waals surface area (Å²) in [6.07, 6.45) is 1.79. The van der Waals surface area contributed by atoms with Crippen LogP contribution in [-0.2, 0) is 22.4 Å². The Balaban J connectivity index is 0.00000144. The number of aryl methyl sites for hydroxylation is 2. The summed E-state index contributed by atoms with van der Waals surface area (Å²) in [6.45, 7) is 1.97. The van der Waals surface area contributed by atoms with Gasteiger partial charge in [0, 0.05) is 24.2 Å². The van der Waals surface area contributed by atoms with Crippen LogP contribution in [0, 0.1) is 0 Å². The smallest absolute Gasteiger partial charge is 0.254 e. The molecule has 0 radical (unpaired) electrons. The Hall–Kier alpha value is -1.62. The van der Waals surface area contributed by atoms with Crippen LogP contribution in [0.25, 0.3) is 10.8 Å². The standard InChI is InChI=1S/C17H18N2O2.ClH/c20-17(15-10-18-8-9-21-15)19-14-7-6-12-5-4-11-2-1-3-13(14)16(11)12;/h1-3,6-7,15,18H,4-5,8-10H2,(H,19,20);1H. The molecule has 0 spiro atoms. The summed E-state index contributed by atoms with van der Waals surface area (Å²) in [7, 11) is 0. The Morgan fingerprint density at radius 2 is 2.00 bits per heavy atom. The van der Waals surface area contributed by atoms with Gasteiger partial charge in [0.15, 0.2) is 0 Å². The summed E-state index contributed by atoms with van der Waals surface area (Å²) in [5, 5.41) is 8.67. The third-order valence-corrected chi connectivity index (χ3v) is 4.35. The van der Waals surface area contributed by atoms with Crippen LogP contribution in [-0.4, -0.2) is 31.7 Å². The van der Waals surface area contributed by atoms with Gasteiger partial charge in [-0.25, -0.2) is 0 Å². The van der Waals surface area contributed by atoms with Gasteiger partial charge in [0.1, 0.15) is 6.10 Å². The number of morpholine rings is 1. The number of hydrogen-bond acceptors (Lipinski definition) is 3. The van der Waals surface area contributed by atoms with Gasteiger partial charge < -0.3 is 15.4 Å². The maximum absolute atomic E-state index is 12.3. The van der Waals surface area contributed by atoms with Crippen molar-refractivity contribution in [2.75, 3.05) is 25.0 Å². The van der Waals surface area contributed by atoms with E-state index in [-0.39, 0.29) is 18.3 Å². The average Bonchev–Trinajstić information content (AvgIpc) is 2.96. The Kier molecular flexibility index (Phi) is 4.34. The van der Waals surface area contributed by atoms with Crippen LogP contribution >= 0.6 is 12.4 Å². The third kappa shape index (κ3) is 2.58. The molecule has 2 aromatic carbocycles. The third-order valence-electron chi connectivity index (χ3n) is 4.35. The van der Waals surface area contributed by atoms with Gasteiger partial charge in [0.05, 0.1) is 6.61 Å². The number of nitrogens with one attached hydrogen (secondary N) is 2. The normalized spacial score (nSPS) is 19.7. The maximum Gasteiger partial charge on any atom is 0.254 e. The van der Waals surface area contributed by atoms with Crippen LogP contribution in [0.5, 0.6) is 0 Å². The van der Waals surface area contributed by atoms with Crippen molar-refractivity contribution in [1.29, 1.82) is 0 Å². The minimum atomic E-state index is -0.401. The van der Waals surface area contributed by atoms with E-state index in [1.165, 1.54) is 16.5 Å². The van der Waals surface area contributed by atoms with E-state index in [2.05, 4.69) is 34.9 Å². The second-order valence-electron chi connectivity index (χ2n) is 5.66. The van der Waals surface area contributed by atoms with Crippen LogP contribution in [0.3, 0.4) is 0 Å². The second kappa shape index (κ2) is 6.24. The highest BCUT2D eigenvalue weighted by atomic mass is 35.5. The molecule has 2 aromatic rings. The van der Waals surface area contributed by atoms with E-state index in [0.717, 1.165) is 30.5 Å². The number of rotatable bonds is 2. The van der Waals surface area contributed by atoms with Crippen molar-refractivity contribution in [3.63, 3.8) is 0 Å². The van der Waals surface area contributed by atoms with E-state index in [0.29, 0.717) is 13.2 Å². The maximum atomic E-state index is 12.3. The molecular weight excluding hydrogens is 300 g/mol. The SMILES string of the molecule is Cl.O=C(Nc1ccc2c3c(cccc13)CC2)C1CNCCO1. The first kappa shape index (κ1) is 15.3. The number of carbonyl (C=O) groups excluding carboxylic acids is 1. The molecule has 116 valence electrons. The lowest BCUT2D eigenvalue weighted by molar-refractivity contribution is -0.128. The molecule has 1 saturated heterocycles. The Labute approximate surface area is 135 Å². The minimum Gasteiger partial charge on any atom is -0.366 e. The number of ether oxygens (including phenoxy) is 1. The zero-order chi connectivity index (χ0) is 14.2. The molecule has 22 heavy (non-hydrogen) atoms. The molecule has 2 N–H and O–H groups in total. The highest BCUT2D eigenvalue weighted by Gasteiger charge is 2.23. The van der Waals surface area contributed by atoms with Gasteiger partial charge >= 0.3 is 0 Å². The molecule has 5 heteroatoms. The van der Waals surface area contributed by atoms with E-state index in [9.17, 15) is 4.79 Å². The van der Waals surface area contributed by atoms with Crippen LogP contribution in [0.2, 0.25) is 0 Å². The quantitative estimate of drug-likeness (QED) is 0.893. The first-order valence-corrected chi connectivity index (χ1v) is 7.49. The molecule has 0 aromatic heterocycles. The van der Waals surface area contributed by atoms with E-state index in [1.807, 2.05) is 6.07 Å². The monoisotopic (exact) mass is 318 g/mol. The molecule has 1 aliphatic heterocycles. The largest absolute Gasteiger partial charge is 0.366 e. The summed E-state index contributed by atoms with van der Waals surface area (Å²) < 4.78 is 5.51. The highest BCUT2D eigenvalue weighted by Crippen LogP contribution is 2.35. The lowest BCUT2D eigenvalue weighted by atomic mass is 10.0. The summed E-state index contributed by atoms with van der Waals surface area (Å²) in [6, 6.07) is 10.5. The fraction of sp³-hybridized carbons (Fsp3) is 0.353. The molecule has 1 unspecified atom stereocenters. The van der Waals surface area contributed by atoms with Crippen LogP contribution < -0.4 is 10.6 Å². The van der Waals surface area contributed by atoms with Crippen LogP contribution in [0.4, 0.5) is 5.69 Å². The van der Waals surface area contributed by atoms with Gasteiger partial charge in [-0.1, -0.05) is 24.3 Å². The lowest BCUT2D eigenvalue weighted by Gasteiger charge is -2.23. The minimum absolute atomic E-state index is 0. The van der Waals surface area contributed by atoms with Gasteiger partial charge in [0.25, 0.3) is 5.91 Å². The first-order chi connectivity index (χ1) is 10.3. The van der Waals surface area contributed by atoms with Crippen LogP contribution in [0.15, 0.2) is 30.3 Å². The van der Waals surface area contributed by atoms with Crippen molar-refractivity contribution in [1.82, 2.24) is 5.32 Å². The molecule has 4 nitrogen and oxygen atoms in total. The lowest BCUT2D eigenvalue weighted by Crippen LogP contribution is -2.45. The number of hydrogen-bond donors (Lipinski definition) is 2. The van der Waals surface area contributed by atoms with Crippen molar-refractivity contribution < 1.29 is 9.53 Å².